The number of hydrogen-bond donors (Lipinski definition) is 1. The van der Waals surface area contributed by atoms with Crippen molar-refractivity contribution in [1.82, 2.24) is 24.6 Å². The molecule has 10 heteroatoms. The van der Waals surface area contributed by atoms with E-state index >= 15 is 0 Å². The van der Waals surface area contributed by atoms with Crippen LogP contribution in [0.5, 0.6) is 0 Å². The molecule has 1 N–H and O–H groups in total. The van der Waals surface area contributed by atoms with Gasteiger partial charge in [-0.2, -0.15) is 13.2 Å². The second-order valence-corrected chi connectivity index (χ2v) is 8.23. The van der Waals surface area contributed by atoms with Gasteiger partial charge in [-0.3, -0.25) is 4.79 Å². The fraction of sp³-hybridized carbons (Fsp3) is 0.455. The first-order valence-electron chi connectivity index (χ1n) is 10.6. The Bertz CT molecular complexity index is 1120. The molecule has 0 aliphatic carbocycles. The lowest BCUT2D eigenvalue weighted by Crippen LogP contribution is -2.39. The molecule has 4 rings (SSSR count). The van der Waals surface area contributed by atoms with Gasteiger partial charge in [-0.1, -0.05) is 12.1 Å². The van der Waals surface area contributed by atoms with Crippen molar-refractivity contribution in [1.29, 1.82) is 0 Å². The molecule has 0 unspecified atom stereocenters. The maximum atomic E-state index is 12.7. The number of pyridine rings is 1. The van der Waals surface area contributed by atoms with Gasteiger partial charge in [0.15, 0.2) is 5.82 Å². The number of rotatable bonds is 5. The van der Waals surface area contributed by atoms with E-state index in [4.69, 9.17) is 0 Å². The van der Waals surface area contributed by atoms with E-state index in [-0.39, 0.29) is 18.4 Å². The van der Waals surface area contributed by atoms with Crippen LogP contribution in [0.1, 0.15) is 25.1 Å². The molecule has 0 radical (unpaired) electrons. The third-order valence-corrected chi connectivity index (χ3v) is 5.99. The normalized spacial score (nSPS) is 15.9. The van der Waals surface area contributed by atoms with Crippen LogP contribution in [0.4, 0.5) is 19.0 Å². The van der Waals surface area contributed by atoms with Crippen LogP contribution in [0.25, 0.3) is 22.2 Å². The predicted molar refractivity (Wildman–Crippen MR) is 115 cm³/mol. The summed E-state index contributed by atoms with van der Waals surface area (Å²) >= 11 is 0. The van der Waals surface area contributed by atoms with Crippen molar-refractivity contribution in [2.24, 2.45) is 13.0 Å². The number of aromatic nitrogens is 4. The molecule has 3 aromatic rings. The molecule has 2 aromatic heterocycles. The van der Waals surface area contributed by atoms with E-state index in [2.05, 4.69) is 20.5 Å². The highest BCUT2D eigenvalue weighted by Gasteiger charge is 2.30. The SMILES string of the molecule is Cc1nnc(-c2ccc3cnc(NC(=O)C4CCN(CCC(F)(F)F)CC4)cc3c2)n1C. The Kier molecular flexibility index (Phi) is 6.14. The average Bonchev–Trinajstić information content (AvgIpc) is 3.10. The fourth-order valence-corrected chi connectivity index (χ4v) is 3.94. The van der Waals surface area contributed by atoms with E-state index < -0.39 is 12.6 Å². The largest absolute Gasteiger partial charge is 0.390 e. The summed E-state index contributed by atoms with van der Waals surface area (Å²) in [6.07, 6.45) is -2.20. The molecule has 170 valence electrons. The Hall–Kier alpha value is -3.01. The Labute approximate surface area is 183 Å². The number of benzene rings is 1. The highest BCUT2D eigenvalue weighted by Crippen LogP contribution is 2.26. The molecular weight excluding hydrogens is 421 g/mol. The zero-order valence-electron chi connectivity index (χ0n) is 18.0. The van der Waals surface area contributed by atoms with Gasteiger partial charge < -0.3 is 14.8 Å². The number of fused-ring (bicyclic) bond motifs is 1. The second kappa shape index (κ2) is 8.85. The first kappa shape index (κ1) is 22.2. The van der Waals surface area contributed by atoms with E-state index in [0.717, 1.165) is 28.0 Å². The minimum Gasteiger partial charge on any atom is -0.314 e. The monoisotopic (exact) mass is 446 g/mol. The van der Waals surface area contributed by atoms with Crippen LogP contribution in [-0.2, 0) is 11.8 Å². The van der Waals surface area contributed by atoms with Gasteiger partial charge in [0.2, 0.25) is 5.91 Å². The van der Waals surface area contributed by atoms with Crippen molar-refractivity contribution < 1.29 is 18.0 Å². The smallest absolute Gasteiger partial charge is 0.314 e. The molecule has 0 bridgehead atoms. The maximum Gasteiger partial charge on any atom is 0.390 e. The van der Waals surface area contributed by atoms with Crippen molar-refractivity contribution in [2.45, 2.75) is 32.4 Å². The lowest BCUT2D eigenvalue weighted by atomic mass is 9.95. The molecule has 1 aliphatic heterocycles. The molecule has 32 heavy (non-hydrogen) atoms. The summed E-state index contributed by atoms with van der Waals surface area (Å²) in [6, 6.07) is 7.70. The fourth-order valence-electron chi connectivity index (χ4n) is 3.94. The molecule has 1 aromatic carbocycles. The summed E-state index contributed by atoms with van der Waals surface area (Å²) in [5.74, 6) is 1.64. The zero-order chi connectivity index (χ0) is 22.9. The van der Waals surface area contributed by atoms with Crippen LogP contribution in [0.2, 0.25) is 0 Å². The predicted octanol–water partition coefficient (Wildman–Crippen LogP) is 3.94. The van der Waals surface area contributed by atoms with Crippen LogP contribution in [0.15, 0.2) is 30.5 Å². The number of hydrogen-bond acceptors (Lipinski definition) is 5. The van der Waals surface area contributed by atoms with Crippen LogP contribution in [-0.4, -0.2) is 56.4 Å². The molecule has 1 aliphatic rings. The van der Waals surface area contributed by atoms with Crippen LogP contribution in [0, 0.1) is 12.8 Å². The number of alkyl halides is 3. The quantitative estimate of drug-likeness (QED) is 0.643. The zero-order valence-corrected chi connectivity index (χ0v) is 18.0. The van der Waals surface area contributed by atoms with Gasteiger partial charge in [0.1, 0.15) is 11.6 Å². The van der Waals surface area contributed by atoms with Crippen molar-refractivity contribution in [3.05, 3.63) is 36.3 Å². The minimum absolute atomic E-state index is 0.0164. The molecule has 3 heterocycles. The maximum absolute atomic E-state index is 12.7. The molecule has 1 fully saturated rings. The number of nitrogens with zero attached hydrogens (tertiary/aromatic N) is 5. The van der Waals surface area contributed by atoms with E-state index in [9.17, 15) is 18.0 Å². The molecule has 0 saturated carbocycles. The van der Waals surface area contributed by atoms with E-state index in [0.29, 0.717) is 31.7 Å². The number of likely N-dealkylation sites (tertiary alicyclic amines) is 1. The lowest BCUT2D eigenvalue weighted by molar-refractivity contribution is -0.139. The standard InChI is InChI=1S/C22H25F3N6O/c1-14-28-29-20(30(14)2)16-3-4-17-13-26-19(12-18(17)11-16)27-21(32)15-5-8-31(9-6-15)10-7-22(23,24)25/h3-4,11-13,15H,5-10H2,1-2H3,(H,26,27,32). The van der Waals surface area contributed by atoms with Crippen LogP contribution in [0.3, 0.4) is 0 Å². The molecule has 7 nitrogen and oxygen atoms in total. The van der Waals surface area contributed by atoms with Crippen molar-refractivity contribution in [3.63, 3.8) is 0 Å². The summed E-state index contributed by atoms with van der Waals surface area (Å²) in [4.78, 5) is 18.8. The minimum atomic E-state index is -4.15. The number of anilines is 1. The first-order valence-corrected chi connectivity index (χ1v) is 10.6. The second-order valence-electron chi connectivity index (χ2n) is 8.23. The third kappa shape index (κ3) is 5.07. The van der Waals surface area contributed by atoms with Gasteiger partial charge in [-0.05, 0) is 50.4 Å². The molecule has 1 saturated heterocycles. The van der Waals surface area contributed by atoms with Gasteiger partial charge in [0.05, 0.1) is 6.42 Å². The number of aryl methyl sites for hydroxylation is 1. The van der Waals surface area contributed by atoms with Gasteiger partial charge in [-0.15, -0.1) is 10.2 Å². The number of halogens is 3. The van der Waals surface area contributed by atoms with Gasteiger partial charge in [0.25, 0.3) is 0 Å². The van der Waals surface area contributed by atoms with Crippen LogP contribution >= 0.6 is 0 Å². The summed E-state index contributed by atoms with van der Waals surface area (Å²) in [7, 11) is 1.90. The summed E-state index contributed by atoms with van der Waals surface area (Å²) in [5.41, 5.74) is 0.912. The van der Waals surface area contributed by atoms with E-state index in [1.807, 2.05) is 42.8 Å². The van der Waals surface area contributed by atoms with Crippen molar-refractivity contribution >= 4 is 22.5 Å². The molecule has 0 spiro atoms. The number of carbonyl (C=O) groups is 1. The molecular formula is C22H25F3N6O. The first-order chi connectivity index (χ1) is 15.2. The van der Waals surface area contributed by atoms with Gasteiger partial charge in [-0.25, -0.2) is 4.98 Å². The summed E-state index contributed by atoms with van der Waals surface area (Å²) in [6.45, 7) is 2.84. The number of amides is 1. The lowest BCUT2D eigenvalue weighted by Gasteiger charge is -2.31. The Morgan fingerprint density at radius 3 is 2.56 bits per heavy atom. The average molecular weight is 446 g/mol. The van der Waals surface area contributed by atoms with Crippen LogP contribution < -0.4 is 5.32 Å². The Morgan fingerprint density at radius 1 is 1.16 bits per heavy atom. The Morgan fingerprint density at radius 2 is 1.91 bits per heavy atom. The number of piperidine rings is 1. The molecule has 0 atom stereocenters. The third-order valence-electron chi connectivity index (χ3n) is 5.99. The van der Waals surface area contributed by atoms with Crippen molar-refractivity contribution in [3.8, 4) is 11.4 Å². The van der Waals surface area contributed by atoms with E-state index in [1.54, 1.807) is 11.1 Å². The van der Waals surface area contributed by atoms with E-state index in [1.165, 1.54) is 0 Å². The number of nitrogens with one attached hydrogen (secondary N) is 1. The van der Waals surface area contributed by atoms with Gasteiger partial charge >= 0.3 is 6.18 Å². The van der Waals surface area contributed by atoms with Gasteiger partial charge in [0, 0.05) is 36.7 Å². The highest BCUT2D eigenvalue weighted by atomic mass is 19.4. The number of carbonyl (C=O) groups excluding carboxylic acids is 1. The summed E-state index contributed by atoms with van der Waals surface area (Å²) < 4.78 is 39.1. The summed E-state index contributed by atoms with van der Waals surface area (Å²) in [5, 5.41) is 13.0. The Balaban J connectivity index is 1.41. The van der Waals surface area contributed by atoms with Crippen molar-refractivity contribution in [2.75, 3.05) is 25.0 Å². The highest BCUT2D eigenvalue weighted by molar-refractivity contribution is 5.94. The topological polar surface area (TPSA) is 75.9 Å². The molecule has 1 amide bonds.